The molecule has 0 amide bonds. The molecule has 1 N–H and O–H groups in total. The Hall–Kier alpha value is -3.16. The summed E-state index contributed by atoms with van der Waals surface area (Å²) in [6.45, 7) is 0.940. The fraction of sp³-hybridized carbons (Fsp3) is 0.167. The summed E-state index contributed by atoms with van der Waals surface area (Å²) in [5.41, 5.74) is -0.135. The number of para-hydroxylation sites is 1. The standard InChI is InChI=1S/C18H13F3N4O/c19-18(20,21)13-5-1-4-12-16(13)24-15(25-8-7-23-17(12)25)9-14(26)11-3-2-6-22-10-11/h1-6,9-10,24H,7-8H2/b15-9+. The first-order chi connectivity index (χ1) is 12.4. The molecule has 0 spiro atoms. The largest absolute Gasteiger partial charge is 0.418 e. The van der Waals surface area contributed by atoms with Crippen molar-refractivity contribution in [2.75, 3.05) is 18.4 Å². The second-order valence-corrected chi connectivity index (χ2v) is 5.84. The van der Waals surface area contributed by atoms with Crippen molar-refractivity contribution >= 4 is 17.3 Å². The number of nitrogens with zero attached hydrogens (tertiary/aromatic N) is 3. The topological polar surface area (TPSA) is 57.6 Å². The Morgan fingerprint density at radius 2 is 2.08 bits per heavy atom. The summed E-state index contributed by atoms with van der Waals surface area (Å²) in [5.74, 6) is 0.370. The highest BCUT2D eigenvalue weighted by Gasteiger charge is 2.39. The molecule has 0 bridgehead atoms. The summed E-state index contributed by atoms with van der Waals surface area (Å²) >= 11 is 0. The van der Waals surface area contributed by atoms with Gasteiger partial charge in [0, 0.05) is 36.1 Å². The smallest absolute Gasteiger partial charge is 0.340 e. The molecule has 0 atom stereocenters. The number of allylic oxidation sites excluding steroid dienone is 1. The molecule has 4 rings (SSSR count). The van der Waals surface area contributed by atoms with Gasteiger partial charge in [0.1, 0.15) is 11.7 Å². The minimum absolute atomic E-state index is 0.0814. The van der Waals surface area contributed by atoms with Gasteiger partial charge >= 0.3 is 6.18 Å². The molecule has 26 heavy (non-hydrogen) atoms. The summed E-state index contributed by atoms with van der Waals surface area (Å²) in [6.07, 6.45) is -0.276. The Morgan fingerprint density at radius 3 is 2.81 bits per heavy atom. The van der Waals surface area contributed by atoms with E-state index in [2.05, 4.69) is 15.3 Å². The van der Waals surface area contributed by atoms with Gasteiger partial charge in [0.25, 0.3) is 0 Å². The number of carbonyl (C=O) groups excluding carboxylic acids is 1. The molecule has 3 heterocycles. The van der Waals surface area contributed by atoms with E-state index in [1.54, 1.807) is 29.3 Å². The maximum absolute atomic E-state index is 13.4. The highest BCUT2D eigenvalue weighted by atomic mass is 19.4. The van der Waals surface area contributed by atoms with Crippen LogP contribution in [-0.4, -0.2) is 34.6 Å². The van der Waals surface area contributed by atoms with Gasteiger partial charge in [-0.05, 0) is 24.3 Å². The van der Waals surface area contributed by atoms with Crippen LogP contribution in [-0.2, 0) is 6.18 Å². The van der Waals surface area contributed by atoms with E-state index in [9.17, 15) is 18.0 Å². The number of benzene rings is 1. The molecule has 2 aliphatic heterocycles. The average Bonchev–Trinajstić information content (AvgIpc) is 3.11. The van der Waals surface area contributed by atoms with E-state index < -0.39 is 11.7 Å². The fourth-order valence-corrected chi connectivity index (χ4v) is 3.05. The van der Waals surface area contributed by atoms with Crippen LogP contribution in [0.3, 0.4) is 0 Å². The molecule has 0 unspecified atom stereocenters. The van der Waals surface area contributed by atoms with Gasteiger partial charge in [-0.3, -0.25) is 14.8 Å². The molecule has 2 aliphatic rings. The highest BCUT2D eigenvalue weighted by molar-refractivity contribution is 6.10. The zero-order valence-corrected chi connectivity index (χ0v) is 13.4. The monoisotopic (exact) mass is 358 g/mol. The van der Waals surface area contributed by atoms with Crippen LogP contribution in [0.5, 0.6) is 0 Å². The lowest BCUT2D eigenvalue weighted by atomic mass is 10.0. The molecule has 1 aromatic heterocycles. The number of pyridine rings is 1. The minimum atomic E-state index is -4.52. The lowest BCUT2D eigenvalue weighted by molar-refractivity contribution is -0.137. The van der Waals surface area contributed by atoms with E-state index in [1.165, 1.54) is 18.3 Å². The summed E-state index contributed by atoms with van der Waals surface area (Å²) < 4.78 is 40.2. The first-order valence-electron chi connectivity index (χ1n) is 7.91. The molecule has 8 heteroatoms. The second-order valence-electron chi connectivity index (χ2n) is 5.84. The van der Waals surface area contributed by atoms with Crippen LogP contribution in [0.25, 0.3) is 0 Å². The summed E-state index contributed by atoms with van der Waals surface area (Å²) in [4.78, 5) is 22.4. The fourth-order valence-electron chi connectivity index (χ4n) is 3.05. The van der Waals surface area contributed by atoms with Gasteiger partial charge in [0.2, 0.25) is 0 Å². The second kappa shape index (κ2) is 5.98. The molecule has 0 radical (unpaired) electrons. The SMILES string of the molecule is O=C(/C=C1\Nc2c(cccc2C(F)(F)F)C2=NCCN21)c1cccnc1. The van der Waals surface area contributed by atoms with E-state index in [4.69, 9.17) is 0 Å². The number of anilines is 1. The molecule has 0 aliphatic carbocycles. The predicted octanol–water partition coefficient (Wildman–Crippen LogP) is 3.31. The zero-order chi connectivity index (χ0) is 18.3. The van der Waals surface area contributed by atoms with Crippen molar-refractivity contribution in [2.45, 2.75) is 6.18 Å². The van der Waals surface area contributed by atoms with Crippen molar-refractivity contribution in [3.63, 3.8) is 0 Å². The number of amidine groups is 1. The first-order valence-corrected chi connectivity index (χ1v) is 7.91. The van der Waals surface area contributed by atoms with E-state index in [1.807, 2.05) is 0 Å². The van der Waals surface area contributed by atoms with Gasteiger partial charge in [-0.25, -0.2) is 0 Å². The number of hydrogen-bond donors (Lipinski definition) is 1. The Labute approximate surface area is 146 Å². The van der Waals surface area contributed by atoms with Gasteiger partial charge in [-0.15, -0.1) is 0 Å². The van der Waals surface area contributed by atoms with E-state index >= 15 is 0 Å². The van der Waals surface area contributed by atoms with Crippen molar-refractivity contribution in [3.8, 4) is 0 Å². The van der Waals surface area contributed by atoms with Crippen LogP contribution in [0.15, 0.2) is 59.6 Å². The van der Waals surface area contributed by atoms with E-state index in [-0.39, 0.29) is 17.3 Å². The van der Waals surface area contributed by atoms with Crippen LogP contribution in [0.4, 0.5) is 18.9 Å². The number of aliphatic imine (C=N–C) groups is 1. The molecule has 1 aromatic carbocycles. The van der Waals surface area contributed by atoms with E-state index in [0.717, 1.165) is 6.07 Å². The zero-order valence-electron chi connectivity index (χ0n) is 13.4. The maximum atomic E-state index is 13.4. The van der Waals surface area contributed by atoms with Crippen LogP contribution in [0, 0.1) is 0 Å². The highest BCUT2D eigenvalue weighted by Crippen LogP contribution is 2.40. The third-order valence-electron chi connectivity index (χ3n) is 4.21. The molecule has 0 fully saturated rings. The number of nitrogens with one attached hydrogen (secondary N) is 1. The number of aromatic nitrogens is 1. The first kappa shape index (κ1) is 16.3. The summed E-state index contributed by atoms with van der Waals surface area (Å²) in [7, 11) is 0. The summed E-state index contributed by atoms with van der Waals surface area (Å²) in [5, 5.41) is 2.79. The molecule has 5 nitrogen and oxygen atoms in total. The van der Waals surface area contributed by atoms with Crippen molar-refractivity contribution < 1.29 is 18.0 Å². The van der Waals surface area contributed by atoms with Crippen LogP contribution < -0.4 is 5.32 Å². The van der Waals surface area contributed by atoms with Gasteiger partial charge < -0.3 is 10.2 Å². The van der Waals surface area contributed by atoms with Crippen molar-refractivity contribution in [3.05, 3.63) is 71.3 Å². The van der Waals surface area contributed by atoms with Crippen molar-refractivity contribution in [2.24, 2.45) is 4.99 Å². The molecular weight excluding hydrogens is 345 g/mol. The van der Waals surface area contributed by atoms with Crippen molar-refractivity contribution in [1.82, 2.24) is 9.88 Å². The lowest BCUT2D eigenvalue weighted by Gasteiger charge is -2.32. The van der Waals surface area contributed by atoms with Crippen molar-refractivity contribution in [1.29, 1.82) is 0 Å². The molecular formula is C18H13F3N4O. The van der Waals surface area contributed by atoms with Gasteiger partial charge in [-0.2, -0.15) is 13.2 Å². The predicted molar refractivity (Wildman–Crippen MR) is 89.8 cm³/mol. The molecule has 2 aromatic rings. The maximum Gasteiger partial charge on any atom is 0.418 e. The summed E-state index contributed by atoms with van der Waals surface area (Å²) in [6, 6.07) is 7.19. The molecule has 0 saturated heterocycles. The molecule has 0 saturated carbocycles. The Bertz CT molecular complexity index is 935. The number of fused-ring (bicyclic) bond motifs is 3. The van der Waals surface area contributed by atoms with E-state index in [0.29, 0.717) is 30.1 Å². The van der Waals surface area contributed by atoms with Crippen LogP contribution >= 0.6 is 0 Å². The normalized spacial score (nSPS) is 17.4. The Kier molecular flexibility index (Phi) is 3.75. The van der Waals surface area contributed by atoms with Gasteiger partial charge in [0.15, 0.2) is 5.78 Å². The minimum Gasteiger partial charge on any atom is -0.340 e. The number of alkyl halides is 3. The average molecular weight is 358 g/mol. The number of ketones is 1. The Morgan fingerprint density at radius 1 is 1.23 bits per heavy atom. The number of carbonyl (C=O) groups is 1. The van der Waals surface area contributed by atoms with Gasteiger partial charge in [0.05, 0.1) is 17.8 Å². The number of hydrogen-bond acceptors (Lipinski definition) is 5. The van der Waals surface area contributed by atoms with Crippen LogP contribution in [0.1, 0.15) is 21.5 Å². The Balaban J connectivity index is 1.80. The lowest BCUT2D eigenvalue weighted by Crippen LogP contribution is -2.37. The number of rotatable bonds is 2. The number of halogens is 3. The van der Waals surface area contributed by atoms with Gasteiger partial charge in [-0.1, -0.05) is 6.07 Å². The molecule has 132 valence electrons. The third-order valence-corrected chi connectivity index (χ3v) is 4.21. The third kappa shape index (κ3) is 2.73. The quantitative estimate of drug-likeness (QED) is 0.661. The van der Waals surface area contributed by atoms with Crippen LogP contribution in [0.2, 0.25) is 0 Å².